The summed E-state index contributed by atoms with van der Waals surface area (Å²) in [5, 5.41) is 3.30. The maximum atomic E-state index is 5.80. The van der Waals surface area contributed by atoms with E-state index in [9.17, 15) is 0 Å². The van der Waals surface area contributed by atoms with Gasteiger partial charge in [-0.05, 0) is 46.7 Å². The summed E-state index contributed by atoms with van der Waals surface area (Å²) in [5.74, 6) is 1.47. The lowest BCUT2D eigenvalue weighted by molar-refractivity contribution is 0.269. The molecular weight excluding hydrogens is 266 g/mol. The van der Waals surface area contributed by atoms with E-state index >= 15 is 0 Å². The van der Waals surface area contributed by atoms with E-state index in [4.69, 9.17) is 5.73 Å². The van der Waals surface area contributed by atoms with Crippen LogP contribution in [-0.2, 0) is 0 Å². The molecule has 1 aliphatic heterocycles. The van der Waals surface area contributed by atoms with Crippen molar-refractivity contribution in [3.63, 3.8) is 0 Å². The minimum Gasteiger partial charge on any atom is -0.368 e. The summed E-state index contributed by atoms with van der Waals surface area (Å²) < 4.78 is 0. The molecule has 0 bridgehead atoms. The van der Waals surface area contributed by atoms with Crippen molar-refractivity contribution in [2.24, 2.45) is 0 Å². The Hall–Kier alpha value is -1.63. The zero-order chi connectivity index (χ0) is 15.2. The SMILES string of the molecule is CCN(CC)c1nc(N)nc(NCC(C)N2CCCC2)n1. The van der Waals surface area contributed by atoms with Gasteiger partial charge in [0.2, 0.25) is 17.8 Å². The number of nitrogens with zero attached hydrogens (tertiary/aromatic N) is 5. The zero-order valence-electron chi connectivity index (χ0n) is 13.3. The molecule has 7 nitrogen and oxygen atoms in total. The Morgan fingerprint density at radius 3 is 2.48 bits per heavy atom. The van der Waals surface area contributed by atoms with Crippen molar-refractivity contribution in [2.75, 3.05) is 48.7 Å². The zero-order valence-corrected chi connectivity index (χ0v) is 13.3. The normalized spacial score (nSPS) is 16.9. The number of nitrogens with two attached hydrogens (primary N) is 1. The van der Waals surface area contributed by atoms with Gasteiger partial charge in [0, 0.05) is 25.7 Å². The molecule has 7 heteroatoms. The molecule has 1 aliphatic rings. The van der Waals surface area contributed by atoms with E-state index in [2.05, 4.69) is 50.8 Å². The summed E-state index contributed by atoms with van der Waals surface area (Å²) >= 11 is 0. The summed E-state index contributed by atoms with van der Waals surface area (Å²) in [6.45, 7) is 11.3. The molecule has 0 aliphatic carbocycles. The Morgan fingerprint density at radius 1 is 1.19 bits per heavy atom. The first-order valence-electron chi connectivity index (χ1n) is 7.88. The molecule has 0 aromatic carbocycles. The number of rotatable bonds is 7. The van der Waals surface area contributed by atoms with Crippen LogP contribution in [0.1, 0.15) is 33.6 Å². The lowest BCUT2D eigenvalue weighted by atomic mass is 10.3. The Bertz CT molecular complexity index is 441. The number of nitrogen functional groups attached to an aromatic ring is 1. The van der Waals surface area contributed by atoms with Crippen molar-refractivity contribution in [3.05, 3.63) is 0 Å². The molecule has 0 spiro atoms. The van der Waals surface area contributed by atoms with Crippen LogP contribution in [0.15, 0.2) is 0 Å². The molecule has 1 saturated heterocycles. The molecule has 21 heavy (non-hydrogen) atoms. The van der Waals surface area contributed by atoms with Crippen LogP contribution >= 0.6 is 0 Å². The average molecular weight is 293 g/mol. The van der Waals surface area contributed by atoms with Gasteiger partial charge in [-0.15, -0.1) is 0 Å². The minimum absolute atomic E-state index is 0.267. The van der Waals surface area contributed by atoms with E-state index in [0.29, 0.717) is 17.9 Å². The third-order valence-corrected chi connectivity index (χ3v) is 4.01. The molecule has 1 aromatic rings. The summed E-state index contributed by atoms with van der Waals surface area (Å²) in [6.07, 6.45) is 2.60. The molecule has 0 amide bonds. The van der Waals surface area contributed by atoms with Gasteiger partial charge in [0.15, 0.2) is 0 Å². The Labute approximate surface area is 127 Å². The van der Waals surface area contributed by atoms with Crippen LogP contribution in [0.3, 0.4) is 0 Å². The molecule has 1 fully saturated rings. The van der Waals surface area contributed by atoms with Crippen LogP contribution in [0.4, 0.5) is 17.8 Å². The van der Waals surface area contributed by atoms with Crippen LogP contribution < -0.4 is 16.0 Å². The number of anilines is 3. The monoisotopic (exact) mass is 293 g/mol. The highest BCUT2D eigenvalue weighted by molar-refractivity contribution is 5.41. The van der Waals surface area contributed by atoms with Crippen LogP contribution in [0.2, 0.25) is 0 Å². The van der Waals surface area contributed by atoms with Gasteiger partial charge < -0.3 is 16.0 Å². The second-order valence-corrected chi connectivity index (χ2v) is 5.46. The summed E-state index contributed by atoms with van der Waals surface area (Å²) in [4.78, 5) is 17.4. The highest BCUT2D eigenvalue weighted by Crippen LogP contribution is 2.14. The number of hydrogen-bond donors (Lipinski definition) is 2. The number of hydrogen-bond acceptors (Lipinski definition) is 7. The Balaban J connectivity index is 1.99. The van der Waals surface area contributed by atoms with Crippen molar-refractivity contribution in [3.8, 4) is 0 Å². The topological polar surface area (TPSA) is 83.2 Å². The van der Waals surface area contributed by atoms with Crippen molar-refractivity contribution >= 4 is 17.8 Å². The smallest absolute Gasteiger partial charge is 0.231 e. The van der Waals surface area contributed by atoms with Crippen LogP contribution in [0.5, 0.6) is 0 Å². The minimum atomic E-state index is 0.267. The van der Waals surface area contributed by atoms with Gasteiger partial charge >= 0.3 is 0 Å². The van der Waals surface area contributed by atoms with Gasteiger partial charge in [-0.2, -0.15) is 15.0 Å². The third-order valence-electron chi connectivity index (χ3n) is 4.01. The maximum Gasteiger partial charge on any atom is 0.231 e. The first-order chi connectivity index (χ1) is 10.1. The number of likely N-dealkylation sites (tertiary alicyclic amines) is 1. The molecule has 2 heterocycles. The quantitative estimate of drug-likeness (QED) is 0.781. The fraction of sp³-hybridized carbons (Fsp3) is 0.786. The van der Waals surface area contributed by atoms with Gasteiger partial charge in [-0.3, -0.25) is 4.90 Å². The predicted octanol–water partition coefficient (Wildman–Crippen LogP) is 1.20. The molecule has 118 valence electrons. The molecular formula is C14H27N7. The Morgan fingerprint density at radius 2 is 1.86 bits per heavy atom. The largest absolute Gasteiger partial charge is 0.368 e. The van der Waals surface area contributed by atoms with Crippen molar-refractivity contribution < 1.29 is 0 Å². The van der Waals surface area contributed by atoms with Gasteiger partial charge in [0.05, 0.1) is 0 Å². The second kappa shape index (κ2) is 7.40. The number of nitrogens with one attached hydrogen (secondary N) is 1. The van der Waals surface area contributed by atoms with Crippen LogP contribution in [-0.4, -0.2) is 58.6 Å². The molecule has 1 unspecified atom stereocenters. The lowest BCUT2D eigenvalue weighted by Crippen LogP contribution is -2.36. The third kappa shape index (κ3) is 4.17. The van der Waals surface area contributed by atoms with Crippen molar-refractivity contribution in [2.45, 2.75) is 39.7 Å². The van der Waals surface area contributed by atoms with Gasteiger partial charge in [0.1, 0.15) is 0 Å². The Kier molecular flexibility index (Phi) is 5.55. The summed E-state index contributed by atoms with van der Waals surface area (Å²) in [7, 11) is 0. The second-order valence-electron chi connectivity index (χ2n) is 5.46. The highest BCUT2D eigenvalue weighted by Gasteiger charge is 2.18. The fourth-order valence-electron chi connectivity index (χ4n) is 2.66. The fourth-order valence-corrected chi connectivity index (χ4v) is 2.66. The van der Waals surface area contributed by atoms with E-state index < -0.39 is 0 Å². The van der Waals surface area contributed by atoms with E-state index in [0.717, 1.165) is 19.6 Å². The summed E-state index contributed by atoms with van der Waals surface area (Å²) in [6, 6.07) is 0.474. The van der Waals surface area contributed by atoms with E-state index in [1.54, 1.807) is 0 Å². The first kappa shape index (κ1) is 15.8. The van der Waals surface area contributed by atoms with E-state index in [1.807, 2.05) is 0 Å². The highest BCUT2D eigenvalue weighted by atomic mass is 15.3. The van der Waals surface area contributed by atoms with E-state index in [1.165, 1.54) is 25.9 Å². The van der Waals surface area contributed by atoms with Gasteiger partial charge in [-0.1, -0.05) is 0 Å². The maximum absolute atomic E-state index is 5.80. The molecule has 1 aromatic heterocycles. The summed E-state index contributed by atoms with van der Waals surface area (Å²) in [5.41, 5.74) is 5.80. The predicted molar refractivity (Wildman–Crippen MR) is 86.6 cm³/mol. The molecule has 0 saturated carbocycles. The molecule has 2 rings (SSSR count). The van der Waals surface area contributed by atoms with Crippen molar-refractivity contribution in [1.29, 1.82) is 0 Å². The van der Waals surface area contributed by atoms with Crippen LogP contribution in [0.25, 0.3) is 0 Å². The average Bonchev–Trinajstić information content (AvgIpc) is 3.00. The van der Waals surface area contributed by atoms with Crippen LogP contribution in [0, 0.1) is 0 Å². The molecule has 3 N–H and O–H groups in total. The number of aromatic nitrogens is 3. The standard InChI is InChI=1S/C14H27N7/c1-4-20(5-2)14-18-12(15)17-13(19-14)16-10-11(3)21-8-6-7-9-21/h11H,4-10H2,1-3H3,(H3,15,16,17,18,19). The van der Waals surface area contributed by atoms with Gasteiger partial charge in [-0.25, -0.2) is 0 Å². The lowest BCUT2D eigenvalue weighted by Gasteiger charge is -2.24. The van der Waals surface area contributed by atoms with Crippen molar-refractivity contribution in [1.82, 2.24) is 19.9 Å². The molecule has 1 atom stereocenters. The first-order valence-corrected chi connectivity index (χ1v) is 7.88. The van der Waals surface area contributed by atoms with Gasteiger partial charge in [0.25, 0.3) is 0 Å². The molecule has 0 radical (unpaired) electrons. The van der Waals surface area contributed by atoms with E-state index in [-0.39, 0.29) is 5.95 Å².